The van der Waals surface area contributed by atoms with E-state index in [0.29, 0.717) is 0 Å². The number of fused-ring (bicyclic) bond motifs is 3. The van der Waals surface area contributed by atoms with Crippen LogP contribution in [0.4, 0.5) is 13.2 Å². The lowest BCUT2D eigenvalue weighted by atomic mass is 9.83. The van der Waals surface area contributed by atoms with Crippen LogP contribution in [-0.4, -0.2) is 19.2 Å². The number of benzene rings is 2. The summed E-state index contributed by atoms with van der Waals surface area (Å²) in [6.07, 6.45) is -2.36. The molecule has 162 valence electrons. The standard InChI is InChI=1S/C24H18F3N3O2/c25-24(26,27)19-13-28-23-21-22(32)18(31)11-12-29(21)17(14-30(19)23)20(15-7-3-1-4-8-15)16-9-5-2-6-10-16/h1-13,17,20,32H,14H2/t17-/m1/s1. The summed E-state index contributed by atoms with van der Waals surface area (Å²) in [5.74, 6) is -1.03. The zero-order chi connectivity index (χ0) is 22.5. The van der Waals surface area contributed by atoms with E-state index in [0.717, 1.165) is 21.9 Å². The fourth-order valence-corrected chi connectivity index (χ4v) is 4.51. The van der Waals surface area contributed by atoms with Crippen LogP contribution in [0.25, 0.3) is 11.5 Å². The highest BCUT2D eigenvalue weighted by atomic mass is 19.4. The minimum atomic E-state index is -4.63. The van der Waals surface area contributed by atoms with Crippen molar-refractivity contribution in [2.24, 2.45) is 0 Å². The quantitative estimate of drug-likeness (QED) is 0.500. The monoisotopic (exact) mass is 437 g/mol. The molecule has 0 saturated carbocycles. The third-order valence-electron chi connectivity index (χ3n) is 5.89. The Balaban J connectivity index is 1.79. The molecular formula is C24H18F3N3O2. The maximum Gasteiger partial charge on any atom is 0.433 e. The second-order valence-electron chi connectivity index (χ2n) is 7.73. The topological polar surface area (TPSA) is 60.1 Å². The fourth-order valence-electron chi connectivity index (χ4n) is 4.51. The van der Waals surface area contributed by atoms with Gasteiger partial charge in [0.25, 0.3) is 0 Å². The molecule has 1 atom stereocenters. The van der Waals surface area contributed by atoms with Crippen LogP contribution in [-0.2, 0) is 12.7 Å². The van der Waals surface area contributed by atoms with Crippen molar-refractivity contribution in [3.63, 3.8) is 0 Å². The zero-order valence-corrected chi connectivity index (χ0v) is 16.7. The van der Waals surface area contributed by atoms with Gasteiger partial charge in [-0.3, -0.25) is 4.79 Å². The van der Waals surface area contributed by atoms with Crippen molar-refractivity contribution in [2.45, 2.75) is 24.7 Å². The summed E-state index contributed by atoms with van der Waals surface area (Å²) < 4.78 is 44.0. The molecule has 0 radical (unpaired) electrons. The van der Waals surface area contributed by atoms with E-state index in [2.05, 4.69) is 4.98 Å². The second kappa shape index (κ2) is 7.40. The number of imidazole rings is 1. The molecule has 32 heavy (non-hydrogen) atoms. The van der Waals surface area contributed by atoms with E-state index in [1.165, 1.54) is 12.3 Å². The number of aromatic hydroxyl groups is 1. The molecular weight excluding hydrogens is 419 g/mol. The summed E-state index contributed by atoms with van der Waals surface area (Å²) in [6, 6.07) is 19.6. The van der Waals surface area contributed by atoms with Crippen molar-refractivity contribution in [1.82, 2.24) is 14.1 Å². The smallest absolute Gasteiger partial charge is 0.433 e. The van der Waals surface area contributed by atoms with E-state index >= 15 is 0 Å². The normalized spacial score (nSPS) is 15.4. The van der Waals surface area contributed by atoms with Gasteiger partial charge < -0.3 is 14.2 Å². The third-order valence-corrected chi connectivity index (χ3v) is 5.89. The number of pyridine rings is 1. The average molecular weight is 437 g/mol. The Labute approximate surface area is 181 Å². The maximum absolute atomic E-state index is 13.7. The SMILES string of the molecule is O=c1ccn2c(c1O)-c1ncc(C(F)(F)F)n1C[C@@H]2C(c1ccccc1)c1ccccc1. The van der Waals surface area contributed by atoms with Crippen molar-refractivity contribution in [3.8, 4) is 17.3 Å². The van der Waals surface area contributed by atoms with Crippen LogP contribution in [0.15, 0.2) is 83.9 Å². The number of hydrogen-bond donors (Lipinski definition) is 1. The molecule has 0 bridgehead atoms. The Morgan fingerprint density at radius 2 is 1.56 bits per heavy atom. The van der Waals surface area contributed by atoms with Crippen molar-refractivity contribution in [2.75, 3.05) is 0 Å². The van der Waals surface area contributed by atoms with Gasteiger partial charge in [-0.1, -0.05) is 60.7 Å². The summed E-state index contributed by atoms with van der Waals surface area (Å²) in [5, 5.41) is 10.6. The van der Waals surface area contributed by atoms with Crippen molar-refractivity contribution in [1.29, 1.82) is 0 Å². The minimum Gasteiger partial charge on any atom is -0.503 e. The Kier molecular flexibility index (Phi) is 4.65. The Morgan fingerprint density at radius 1 is 0.969 bits per heavy atom. The molecule has 3 heterocycles. The second-order valence-corrected chi connectivity index (χ2v) is 7.73. The highest BCUT2D eigenvalue weighted by Crippen LogP contribution is 2.45. The number of nitrogens with zero attached hydrogens (tertiary/aromatic N) is 3. The van der Waals surface area contributed by atoms with Crippen molar-refractivity contribution in [3.05, 3.63) is 106 Å². The summed E-state index contributed by atoms with van der Waals surface area (Å²) in [6.45, 7) is -0.0338. The van der Waals surface area contributed by atoms with Gasteiger partial charge in [-0.05, 0) is 11.1 Å². The van der Waals surface area contributed by atoms with Crippen LogP contribution < -0.4 is 5.43 Å². The van der Waals surface area contributed by atoms with E-state index in [1.807, 2.05) is 60.7 Å². The van der Waals surface area contributed by atoms with Gasteiger partial charge in [0.05, 0.1) is 12.2 Å². The van der Waals surface area contributed by atoms with Crippen molar-refractivity contribution < 1.29 is 18.3 Å². The molecule has 1 N–H and O–H groups in total. The number of rotatable bonds is 3. The van der Waals surface area contributed by atoms with Gasteiger partial charge in [-0.2, -0.15) is 13.2 Å². The molecule has 0 aliphatic carbocycles. The number of halogens is 3. The first kappa shape index (κ1) is 20.1. The maximum atomic E-state index is 13.7. The Bertz CT molecular complexity index is 1290. The van der Waals surface area contributed by atoms with Crippen molar-refractivity contribution >= 4 is 0 Å². The van der Waals surface area contributed by atoms with Gasteiger partial charge in [-0.25, -0.2) is 4.98 Å². The first-order chi connectivity index (χ1) is 15.4. The molecule has 8 heteroatoms. The molecule has 5 nitrogen and oxygen atoms in total. The molecule has 2 aromatic heterocycles. The molecule has 2 aromatic carbocycles. The van der Waals surface area contributed by atoms with Crippen LogP contribution in [0, 0.1) is 0 Å². The zero-order valence-electron chi connectivity index (χ0n) is 16.7. The van der Waals surface area contributed by atoms with E-state index in [9.17, 15) is 23.1 Å². The predicted molar refractivity (Wildman–Crippen MR) is 112 cm³/mol. The van der Waals surface area contributed by atoms with E-state index in [4.69, 9.17) is 0 Å². The Morgan fingerprint density at radius 3 is 2.12 bits per heavy atom. The van der Waals surface area contributed by atoms with E-state index in [1.54, 1.807) is 4.57 Å². The molecule has 0 fully saturated rings. The number of hydrogen-bond acceptors (Lipinski definition) is 3. The van der Waals surface area contributed by atoms with Gasteiger partial charge in [0, 0.05) is 24.7 Å². The highest BCUT2D eigenvalue weighted by molar-refractivity contribution is 5.62. The van der Waals surface area contributed by atoms with Crippen LogP contribution in [0.2, 0.25) is 0 Å². The van der Waals surface area contributed by atoms with Gasteiger partial charge in [0.15, 0.2) is 11.6 Å². The van der Waals surface area contributed by atoms with Gasteiger partial charge in [0.1, 0.15) is 11.4 Å². The highest BCUT2D eigenvalue weighted by Gasteiger charge is 2.41. The summed E-state index contributed by atoms with van der Waals surface area (Å²) in [5.41, 5.74) is 0.214. The lowest BCUT2D eigenvalue weighted by Crippen LogP contribution is -2.32. The third kappa shape index (κ3) is 3.19. The van der Waals surface area contributed by atoms with Crippen LogP contribution in [0.5, 0.6) is 5.75 Å². The summed E-state index contributed by atoms with van der Waals surface area (Å²) in [7, 11) is 0. The summed E-state index contributed by atoms with van der Waals surface area (Å²) >= 11 is 0. The van der Waals surface area contributed by atoms with Gasteiger partial charge in [-0.15, -0.1) is 0 Å². The van der Waals surface area contributed by atoms with Gasteiger partial charge in [0.2, 0.25) is 5.43 Å². The number of alkyl halides is 3. The molecule has 1 aliphatic rings. The van der Waals surface area contributed by atoms with Crippen LogP contribution >= 0.6 is 0 Å². The molecule has 0 amide bonds. The van der Waals surface area contributed by atoms with Gasteiger partial charge >= 0.3 is 6.18 Å². The van der Waals surface area contributed by atoms with Crippen LogP contribution in [0.1, 0.15) is 28.8 Å². The van der Waals surface area contributed by atoms with Crippen LogP contribution in [0.3, 0.4) is 0 Å². The molecule has 0 unspecified atom stereocenters. The first-order valence-electron chi connectivity index (χ1n) is 10.0. The van der Waals surface area contributed by atoms with E-state index in [-0.39, 0.29) is 24.0 Å². The average Bonchev–Trinajstić information content (AvgIpc) is 3.22. The first-order valence-corrected chi connectivity index (χ1v) is 10.0. The molecule has 1 aliphatic heterocycles. The minimum absolute atomic E-state index is 0.0129. The molecule has 0 spiro atoms. The lowest BCUT2D eigenvalue weighted by Gasteiger charge is -2.36. The largest absolute Gasteiger partial charge is 0.503 e. The Hall–Kier alpha value is -3.81. The fraction of sp³-hybridized carbons (Fsp3) is 0.167. The molecule has 0 saturated heterocycles. The molecule has 4 aromatic rings. The number of aromatic nitrogens is 3. The lowest BCUT2D eigenvalue weighted by molar-refractivity contribution is -0.143. The summed E-state index contributed by atoms with van der Waals surface area (Å²) in [4.78, 5) is 16.1. The molecule has 5 rings (SSSR count). The van der Waals surface area contributed by atoms with E-state index < -0.39 is 29.1 Å². The predicted octanol–water partition coefficient (Wildman–Crippen LogP) is 4.82.